The fourth-order valence-corrected chi connectivity index (χ4v) is 4.88. The van der Waals surface area contributed by atoms with Crippen LogP contribution in [0.25, 0.3) is 11.1 Å². The topological polar surface area (TPSA) is 65.5 Å². The van der Waals surface area contributed by atoms with Crippen molar-refractivity contribution in [1.29, 1.82) is 0 Å². The summed E-state index contributed by atoms with van der Waals surface area (Å²) in [5.74, 6) is 1.90. The van der Waals surface area contributed by atoms with E-state index in [1.165, 1.54) is 32.1 Å². The lowest BCUT2D eigenvalue weighted by atomic mass is 9.96. The van der Waals surface area contributed by atoms with Crippen molar-refractivity contribution in [3.8, 4) is 22.8 Å². The number of hydrogen-bond donors (Lipinski definition) is 1. The average molecular weight is 527 g/mol. The maximum Gasteiger partial charge on any atom is 0.234 e. The number of ether oxygens (including phenoxy) is 3. The molecule has 196 valence electrons. The van der Waals surface area contributed by atoms with E-state index in [2.05, 4.69) is 52.8 Å². The number of hydrogen-bond acceptors (Lipinski definition) is 6. The van der Waals surface area contributed by atoms with Gasteiger partial charge in [0.05, 0.1) is 24.5 Å². The molecule has 1 aromatic heterocycles. The number of halogens is 2. The third-order valence-corrected chi connectivity index (χ3v) is 6.95. The maximum atomic E-state index is 6.22. The molecule has 2 aliphatic rings. The highest BCUT2D eigenvalue weighted by atomic mass is 35.5. The zero-order valence-corrected chi connectivity index (χ0v) is 22.7. The largest absolute Gasteiger partial charge is 0.490 e. The summed E-state index contributed by atoms with van der Waals surface area (Å²) in [5.41, 5.74) is 3.27. The minimum absolute atomic E-state index is 0. The van der Waals surface area contributed by atoms with Crippen molar-refractivity contribution in [1.82, 2.24) is 15.5 Å². The second-order valence-corrected chi connectivity index (χ2v) is 9.39. The Morgan fingerprint density at radius 2 is 1.77 bits per heavy atom. The van der Waals surface area contributed by atoms with Gasteiger partial charge in [-0.2, -0.15) is 5.10 Å². The third kappa shape index (κ3) is 8.49. The van der Waals surface area contributed by atoms with E-state index >= 15 is 0 Å². The van der Waals surface area contributed by atoms with E-state index in [0.717, 1.165) is 61.3 Å². The second-order valence-electron chi connectivity index (χ2n) is 9.39. The number of methoxy groups -OCH3 is 1. The number of unbranched alkanes of at least 4 members (excludes halogenated alkanes) is 1. The van der Waals surface area contributed by atoms with Gasteiger partial charge in [0.15, 0.2) is 0 Å². The molecule has 0 unspecified atom stereocenters. The first-order valence-electron chi connectivity index (χ1n) is 12.8. The van der Waals surface area contributed by atoms with Gasteiger partial charge in [0.2, 0.25) is 5.88 Å². The third-order valence-electron chi connectivity index (χ3n) is 6.95. The first kappa shape index (κ1) is 29.6. The first-order chi connectivity index (χ1) is 16.3. The van der Waals surface area contributed by atoms with Gasteiger partial charge >= 0.3 is 0 Å². The minimum Gasteiger partial charge on any atom is -0.490 e. The van der Waals surface area contributed by atoms with E-state index in [1.54, 1.807) is 7.11 Å². The Labute approximate surface area is 222 Å². The average Bonchev–Trinajstić information content (AvgIpc) is 2.87. The van der Waals surface area contributed by atoms with Crippen molar-refractivity contribution in [3.05, 3.63) is 36.0 Å². The summed E-state index contributed by atoms with van der Waals surface area (Å²) >= 11 is 0. The van der Waals surface area contributed by atoms with Crippen LogP contribution in [0.1, 0.15) is 64.0 Å². The number of rotatable bonds is 10. The molecule has 0 radical (unpaired) electrons. The van der Waals surface area contributed by atoms with E-state index in [0.29, 0.717) is 24.5 Å². The van der Waals surface area contributed by atoms with Gasteiger partial charge in [0, 0.05) is 31.2 Å². The summed E-state index contributed by atoms with van der Waals surface area (Å²) in [6.45, 7) is 4.66. The Morgan fingerprint density at radius 1 is 1.00 bits per heavy atom. The van der Waals surface area contributed by atoms with Crippen LogP contribution in [0, 0.1) is 5.92 Å². The molecule has 1 saturated carbocycles. The molecule has 0 bridgehead atoms. The Bertz CT molecular complexity index is 863. The lowest BCUT2D eigenvalue weighted by Gasteiger charge is -2.30. The fourth-order valence-electron chi connectivity index (χ4n) is 4.88. The van der Waals surface area contributed by atoms with E-state index in [1.807, 2.05) is 0 Å². The summed E-state index contributed by atoms with van der Waals surface area (Å²) in [6, 6.07) is 10.5. The van der Waals surface area contributed by atoms with Crippen LogP contribution in [0.2, 0.25) is 0 Å². The predicted molar refractivity (Wildman–Crippen MR) is 145 cm³/mol. The maximum absolute atomic E-state index is 6.22. The van der Waals surface area contributed by atoms with Crippen LogP contribution in [0.15, 0.2) is 30.3 Å². The van der Waals surface area contributed by atoms with Crippen LogP contribution in [-0.4, -0.2) is 49.2 Å². The van der Waals surface area contributed by atoms with Crippen LogP contribution in [0.5, 0.6) is 11.6 Å². The molecule has 0 spiro atoms. The van der Waals surface area contributed by atoms with Crippen LogP contribution < -0.4 is 14.8 Å². The SMILES string of the molecule is CCCCc1nnc(OC[C@H]2CCNC[C@H]2OC)cc1-c1ccc(OC2CCCCC2)cc1.Cl.Cl. The molecule has 1 aliphatic carbocycles. The fraction of sp³-hybridized carbons (Fsp3) is 0.630. The molecule has 1 aliphatic heterocycles. The molecule has 1 saturated heterocycles. The van der Waals surface area contributed by atoms with Gasteiger partial charge in [-0.05, 0) is 69.2 Å². The summed E-state index contributed by atoms with van der Waals surface area (Å²) in [5, 5.41) is 12.3. The van der Waals surface area contributed by atoms with Crippen LogP contribution >= 0.6 is 24.8 Å². The highest BCUT2D eigenvalue weighted by Gasteiger charge is 2.25. The number of piperidine rings is 1. The smallest absolute Gasteiger partial charge is 0.234 e. The van der Waals surface area contributed by atoms with Crippen LogP contribution in [0.3, 0.4) is 0 Å². The second kappa shape index (κ2) is 15.5. The first-order valence-corrected chi connectivity index (χ1v) is 12.8. The lowest BCUT2D eigenvalue weighted by Crippen LogP contribution is -2.44. The standard InChI is InChI=1S/C27H39N3O3.2ClH/c1-3-4-10-25-24(20-11-13-23(14-12-20)33-22-8-6-5-7-9-22)17-27(30-29-25)32-19-21-15-16-28-18-26(21)31-2;;/h11-14,17,21-22,26,28H,3-10,15-16,18-19H2,1-2H3;2*1H/t21-,26-;;/m1../s1. The van der Waals surface area contributed by atoms with E-state index < -0.39 is 0 Å². The van der Waals surface area contributed by atoms with Crippen molar-refractivity contribution in [2.24, 2.45) is 5.92 Å². The number of benzene rings is 1. The summed E-state index contributed by atoms with van der Waals surface area (Å²) < 4.78 is 18.0. The van der Waals surface area contributed by atoms with Crippen LogP contribution in [0.4, 0.5) is 0 Å². The van der Waals surface area contributed by atoms with Crippen molar-refractivity contribution in [3.63, 3.8) is 0 Å². The van der Waals surface area contributed by atoms with Gasteiger partial charge in [0.1, 0.15) is 5.75 Å². The summed E-state index contributed by atoms with van der Waals surface area (Å²) in [6.07, 6.45) is 10.9. The van der Waals surface area contributed by atoms with E-state index in [-0.39, 0.29) is 30.9 Å². The molecule has 1 N–H and O–H groups in total. The molecule has 4 rings (SSSR count). The molecule has 6 nitrogen and oxygen atoms in total. The van der Waals surface area contributed by atoms with Gasteiger partial charge in [-0.15, -0.1) is 29.9 Å². The highest BCUT2D eigenvalue weighted by Crippen LogP contribution is 2.30. The van der Waals surface area contributed by atoms with Crippen molar-refractivity contribution < 1.29 is 14.2 Å². The number of nitrogens with one attached hydrogen (secondary N) is 1. The van der Waals surface area contributed by atoms with E-state index in [4.69, 9.17) is 14.2 Å². The minimum atomic E-state index is 0. The van der Waals surface area contributed by atoms with Crippen molar-refractivity contribution in [2.45, 2.75) is 76.9 Å². The molecule has 8 heteroatoms. The van der Waals surface area contributed by atoms with Crippen molar-refractivity contribution >= 4 is 24.8 Å². The molecule has 1 aromatic carbocycles. The lowest BCUT2D eigenvalue weighted by molar-refractivity contribution is 0.0134. The van der Waals surface area contributed by atoms with Gasteiger partial charge < -0.3 is 19.5 Å². The molecular formula is C27H41Cl2N3O3. The Hall–Kier alpha value is -1.60. The summed E-state index contributed by atoms with van der Waals surface area (Å²) in [7, 11) is 1.77. The van der Waals surface area contributed by atoms with E-state index in [9.17, 15) is 0 Å². The molecule has 2 heterocycles. The monoisotopic (exact) mass is 525 g/mol. The number of aromatic nitrogens is 2. The highest BCUT2D eigenvalue weighted by molar-refractivity contribution is 5.85. The summed E-state index contributed by atoms with van der Waals surface area (Å²) in [4.78, 5) is 0. The Morgan fingerprint density at radius 3 is 2.49 bits per heavy atom. The molecule has 2 fully saturated rings. The normalized spacial score (nSPS) is 20.4. The molecular weight excluding hydrogens is 485 g/mol. The predicted octanol–water partition coefficient (Wildman–Crippen LogP) is 6.04. The van der Waals surface area contributed by atoms with Gasteiger partial charge in [-0.25, -0.2) is 0 Å². The molecule has 2 atom stereocenters. The van der Waals surface area contributed by atoms with Gasteiger partial charge in [-0.3, -0.25) is 0 Å². The van der Waals surface area contributed by atoms with Crippen LogP contribution in [-0.2, 0) is 11.2 Å². The zero-order chi connectivity index (χ0) is 22.9. The molecule has 35 heavy (non-hydrogen) atoms. The zero-order valence-electron chi connectivity index (χ0n) is 21.0. The Balaban J connectivity index is 0.00000216. The molecule has 0 amide bonds. The van der Waals surface area contributed by atoms with Gasteiger partial charge in [-0.1, -0.05) is 31.9 Å². The molecule has 2 aromatic rings. The van der Waals surface area contributed by atoms with Gasteiger partial charge in [0.25, 0.3) is 0 Å². The van der Waals surface area contributed by atoms with Crippen molar-refractivity contribution in [2.75, 3.05) is 26.8 Å². The number of nitrogens with zero attached hydrogens (tertiary/aromatic N) is 2. The quantitative estimate of drug-likeness (QED) is 0.407. The number of aryl methyl sites for hydroxylation is 1. The Kier molecular flexibility index (Phi) is 13.1.